The van der Waals surface area contributed by atoms with Gasteiger partial charge in [-0.25, -0.2) is 4.68 Å². The molecule has 0 saturated heterocycles. The summed E-state index contributed by atoms with van der Waals surface area (Å²) in [6, 6.07) is 11.2. The summed E-state index contributed by atoms with van der Waals surface area (Å²) < 4.78 is 9.28. The molecule has 0 spiro atoms. The number of nitrogens with one attached hydrogen (secondary N) is 1. The van der Waals surface area contributed by atoms with Crippen LogP contribution >= 0.6 is 0 Å². The molecule has 3 aromatic heterocycles. The highest BCUT2D eigenvalue weighted by molar-refractivity contribution is 5.90. The highest BCUT2D eigenvalue weighted by atomic mass is 16.4. The standard InChI is InChI=1S/C20H21N7O2/c1-3-26-17(13-14(2)25-26)20-24-23-19(29-20)10-9-18(28)22-15-5-7-16(8-6-15)27-12-4-11-21-27/h4-8,11-13H,3,9-10H2,1-2H3,(H,22,28). The van der Waals surface area contributed by atoms with Crippen LogP contribution in [-0.2, 0) is 17.8 Å². The number of carbonyl (C=O) groups excluding carboxylic acids is 1. The van der Waals surface area contributed by atoms with E-state index in [1.807, 2.05) is 61.1 Å². The SMILES string of the molecule is CCn1nc(C)cc1-c1nnc(CCC(=O)Nc2ccc(-n3cccn3)cc2)o1. The Morgan fingerprint density at radius 1 is 1.21 bits per heavy atom. The van der Waals surface area contributed by atoms with Crippen molar-refractivity contribution in [2.75, 3.05) is 5.32 Å². The van der Waals surface area contributed by atoms with Crippen LogP contribution < -0.4 is 5.32 Å². The first-order valence-corrected chi connectivity index (χ1v) is 9.39. The van der Waals surface area contributed by atoms with Crippen LogP contribution in [0.4, 0.5) is 5.69 Å². The second-order valence-corrected chi connectivity index (χ2v) is 6.53. The molecule has 0 aliphatic heterocycles. The fraction of sp³-hybridized carbons (Fsp3) is 0.250. The van der Waals surface area contributed by atoms with Crippen LogP contribution in [-0.4, -0.2) is 35.7 Å². The minimum absolute atomic E-state index is 0.119. The van der Waals surface area contributed by atoms with E-state index >= 15 is 0 Å². The lowest BCUT2D eigenvalue weighted by molar-refractivity contribution is -0.116. The molecule has 0 bridgehead atoms. The number of aromatic nitrogens is 6. The summed E-state index contributed by atoms with van der Waals surface area (Å²) in [5, 5.41) is 19.6. The number of rotatable bonds is 7. The Hall–Kier alpha value is -3.75. The van der Waals surface area contributed by atoms with Gasteiger partial charge < -0.3 is 9.73 Å². The molecule has 29 heavy (non-hydrogen) atoms. The molecule has 1 N–H and O–H groups in total. The normalized spacial score (nSPS) is 11.0. The Morgan fingerprint density at radius 3 is 2.76 bits per heavy atom. The fourth-order valence-electron chi connectivity index (χ4n) is 2.98. The van der Waals surface area contributed by atoms with E-state index in [1.165, 1.54) is 0 Å². The summed E-state index contributed by atoms with van der Waals surface area (Å²) in [5.74, 6) is 0.716. The summed E-state index contributed by atoms with van der Waals surface area (Å²) in [4.78, 5) is 12.2. The lowest BCUT2D eigenvalue weighted by atomic mass is 10.2. The monoisotopic (exact) mass is 391 g/mol. The number of benzene rings is 1. The third-order valence-corrected chi connectivity index (χ3v) is 4.37. The molecule has 0 unspecified atom stereocenters. The van der Waals surface area contributed by atoms with Crippen LogP contribution in [0.2, 0.25) is 0 Å². The van der Waals surface area contributed by atoms with Crippen molar-refractivity contribution in [3.8, 4) is 17.3 Å². The molecular formula is C20H21N7O2. The van der Waals surface area contributed by atoms with Gasteiger partial charge in [-0.15, -0.1) is 10.2 Å². The zero-order valence-electron chi connectivity index (χ0n) is 16.2. The molecule has 0 saturated carbocycles. The predicted molar refractivity (Wildman–Crippen MR) is 106 cm³/mol. The number of hydrogen-bond acceptors (Lipinski definition) is 6. The Morgan fingerprint density at radius 2 is 2.03 bits per heavy atom. The van der Waals surface area contributed by atoms with Gasteiger partial charge in [0, 0.05) is 37.5 Å². The second-order valence-electron chi connectivity index (χ2n) is 6.53. The molecule has 3 heterocycles. The van der Waals surface area contributed by atoms with Crippen molar-refractivity contribution in [1.29, 1.82) is 0 Å². The van der Waals surface area contributed by atoms with Gasteiger partial charge >= 0.3 is 0 Å². The van der Waals surface area contributed by atoms with E-state index in [4.69, 9.17) is 4.42 Å². The van der Waals surface area contributed by atoms with Gasteiger partial charge in [-0.1, -0.05) is 0 Å². The first-order chi connectivity index (χ1) is 14.1. The second kappa shape index (κ2) is 8.09. The third-order valence-electron chi connectivity index (χ3n) is 4.37. The van der Waals surface area contributed by atoms with Crippen molar-refractivity contribution in [1.82, 2.24) is 29.8 Å². The van der Waals surface area contributed by atoms with Gasteiger partial charge in [0.05, 0.1) is 11.4 Å². The van der Waals surface area contributed by atoms with Crippen LogP contribution in [0.25, 0.3) is 17.3 Å². The van der Waals surface area contributed by atoms with Gasteiger partial charge in [-0.2, -0.15) is 10.2 Å². The molecule has 4 rings (SSSR count). The van der Waals surface area contributed by atoms with Crippen molar-refractivity contribution >= 4 is 11.6 Å². The average Bonchev–Trinajstić information content (AvgIpc) is 3.47. The van der Waals surface area contributed by atoms with E-state index in [0.717, 1.165) is 22.8 Å². The third kappa shape index (κ3) is 4.23. The van der Waals surface area contributed by atoms with E-state index in [-0.39, 0.29) is 12.3 Å². The maximum Gasteiger partial charge on any atom is 0.265 e. The number of aryl methyl sites for hydroxylation is 3. The predicted octanol–water partition coefficient (Wildman–Crippen LogP) is 3.02. The van der Waals surface area contributed by atoms with Gasteiger partial charge in [0.25, 0.3) is 5.89 Å². The fourth-order valence-corrected chi connectivity index (χ4v) is 2.98. The molecule has 9 heteroatoms. The van der Waals surface area contributed by atoms with E-state index in [0.29, 0.717) is 24.7 Å². The van der Waals surface area contributed by atoms with Crippen molar-refractivity contribution in [2.24, 2.45) is 0 Å². The van der Waals surface area contributed by atoms with Crippen LogP contribution in [0.1, 0.15) is 24.9 Å². The van der Waals surface area contributed by atoms with Gasteiger partial charge in [0.2, 0.25) is 11.8 Å². The zero-order chi connectivity index (χ0) is 20.2. The molecule has 1 aromatic carbocycles. The summed E-state index contributed by atoms with van der Waals surface area (Å²) in [6.45, 7) is 4.63. The van der Waals surface area contributed by atoms with Crippen molar-refractivity contribution in [3.05, 3.63) is 60.4 Å². The summed E-state index contributed by atoms with van der Waals surface area (Å²) in [6.07, 6.45) is 4.19. The molecule has 0 fully saturated rings. The van der Waals surface area contributed by atoms with Crippen LogP contribution in [0, 0.1) is 6.92 Å². The van der Waals surface area contributed by atoms with Gasteiger partial charge in [0.15, 0.2) is 0 Å². The largest absolute Gasteiger partial charge is 0.419 e. The van der Waals surface area contributed by atoms with Gasteiger partial charge in [-0.05, 0) is 50.2 Å². The average molecular weight is 391 g/mol. The first-order valence-electron chi connectivity index (χ1n) is 9.39. The number of nitrogens with zero attached hydrogens (tertiary/aromatic N) is 6. The Bertz CT molecular complexity index is 1090. The number of amides is 1. The smallest absolute Gasteiger partial charge is 0.265 e. The van der Waals surface area contributed by atoms with E-state index in [9.17, 15) is 4.79 Å². The summed E-state index contributed by atoms with van der Waals surface area (Å²) in [7, 11) is 0. The first kappa shape index (κ1) is 18.6. The molecule has 0 radical (unpaired) electrons. The lowest BCUT2D eigenvalue weighted by Crippen LogP contribution is -2.12. The molecule has 9 nitrogen and oxygen atoms in total. The quantitative estimate of drug-likeness (QED) is 0.519. The van der Waals surface area contributed by atoms with Crippen LogP contribution in [0.3, 0.4) is 0 Å². The molecular weight excluding hydrogens is 370 g/mol. The number of hydrogen-bond donors (Lipinski definition) is 1. The van der Waals surface area contributed by atoms with Crippen molar-refractivity contribution < 1.29 is 9.21 Å². The molecule has 0 atom stereocenters. The molecule has 4 aromatic rings. The van der Waals surface area contributed by atoms with E-state index in [2.05, 4.69) is 25.7 Å². The topological polar surface area (TPSA) is 104 Å². The minimum atomic E-state index is -0.119. The van der Waals surface area contributed by atoms with E-state index < -0.39 is 0 Å². The highest BCUT2D eigenvalue weighted by Crippen LogP contribution is 2.20. The molecule has 148 valence electrons. The lowest BCUT2D eigenvalue weighted by Gasteiger charge is -2.06. The van der Waals surface area contributed by atoms with Crippen molar-refractivity contribution in [2.45, 2.75) is 33.2 Å². The van der Waals surface area contributed by atoms with E-state index in [1.54, 1.807) is 10.9 Å². The highest BCUT2D eigenvalue weighted by Gasteiger charge is 2.15. The van der Waals surface area contributed by atoms with Crippen molar-refractivity contribution in [3.63, 3.8) is 0 Å². The minimum Gasteiger partial charge on any atom is -0.419 e. The van der Waals surface area contributed by atoms with Crippen LogP contribution in [0.5, 0.6) is 0 Å². The maximum absolute atomic E-state index is 12.2. The zero-order valence-corrected chi connectivity index (χ0v) is 16.2. The summed E-state index contributed by atoms with van der Waals surface area (Å²) in [5.41, 5.74) is 3.32. The van der Waals surface area contributed by atoms with Gasteiger partial charge in [-0.3, -0.25) is 9.48 Å². The Labute approximate surface area is 167 Å². The molecule has 0 aliphatic carbocycles. The Kier molecular flexibility index (Phi) is 5.19. The maximum atomic E-state index is 12.2. The molecule has 1 amide bonds. The number of carbonyl (C=O) groups is 1. The number of anilines is 1. The Balaban J connectivity index is 1.33. The van der Waals surface area contributed by atoms with Gasteiger partial charge in [0.1, 0.15) is 5.69 Å². The van der Waals surface area contributed by atoms with Crippen LogP contribution in [0.15, 0.2) is 53.2 Å². The summed E-state index contributed by atoms with van der Waals surface area (Å²) >= 11 is 0. The molecule has 0 aliphatic rings.